The summed E-state index contributed by atoms with van der Waals surface area (Å²) in [5.41, 5.74) is 2.60. The van der Waals surface area contributed by atoms with Crippen molar-refractivity contribution in [2.45, 2.75) is 38.6 Å². The van der Waals surface area contributed by atoms with Crippen LogP contribution >= 0.6 is 0 Å². The Kier molecular flexibility index (Phi) is 4.29. The molecule has 0 bridgehead atoms. The highest BCUT2D eigenvalue weighted by Gasteiger charge is 2.12. The molecule has 0 atom stereocenters. The first-order valence-corrected chi connectivity index (χ1v) is 8.97. The number of fused-ring (bicyclic) bond motifs is 3. The van der Waals surface area contributed by atoms with Gasteiger partial charge in [-0.1, -0.05) is 37.5 Å². The smallest absolute Gasteiger partial charge is 0.0678 e. The van der Waals surface area contributed by atoms with Crippen molar-refractivity contribution >= 4 is 21.8 Å². The molecule has 3 heterocycles. The van der Waals surface area contributed by atoms with Crippen LogP contribution in [0.2, 0.25) is 0 Å². The molecule has 1 saturated heterocycles. The van der Waals surface area contributed by atoms with E-state index in [-0.39, 0.29) is 0 Å². The molecule has 120 valence electrons. The largest absolute Gasteiger partial charge is 0.338 e. The Morgan fingerprint density at radius 1 is 0.783 bits per heavy atom. The first-order valence-electron chi connectivity index (χ1n) is 8.97. The van der Waals surface area contributed by atoms with Crippen LogP contribution in [0.1, 0.15) is 32.1 Å². The van der Waals surface area contributed by atoms with Gasteiger partial charge in [-0.3, -0.25) is 4.98 Å². The topological polar surface area (TPSA) is 21.1 Å². The third-order valence-corrected chi connectivity index (χ3v) is 5.16. The minimum atomic E-state index is 1.05. The predicted octanol–water partition coefficient (Wildman–Crippen LogP) is 4.46. The Balaban J connectivity index is 1.62. The Labute approximate surface area is 137 Å². The van der Waals surface area contributed by atoms with Gasteiger partial charge < -0.3 is 9.47 Å². The number of hydrogen-bond acceptors (Lipinski definition) is 2. The molecule has 1 aromatic carbocycles. The lowest BCUT2D eigenvalue weighted by atomic mass is 10.1. The lowest BCUT2D eigenvalue weighted by Crippen LogP contribution is -2.30. The van der Waals surface area contributed by atoms with Crippen molar-refractivity contribution in [2.24, 2.45) is 0 Å². The van der Waals surface area contributed by atoms with Crippen molar-refractivity contribution < 1.29 is 0 Å². The highest BCUT2D eigenvalue weighted by atomic mass is 15.1. The van der Waals surface area contributed by atoms with Crippen LogP contribution in [-0.4, -0.2) is 34.1 Å². The summed E-state index contributed by atoms with van der Waals surface area (Å²) in [4.78, 5) is 7.01. The number of aromatic nitrogens is 2. The number of benzene rings is 1. The van der Waals surface area contributed by atoms with E-state index in [4.69, 9.17) is 0 Å². The second kappa shape index (κ2) is 6.71. The highest BCUT2D eigenvalue weighted by Crippen LogP contribution is 2.28. The molecular formula is C20H25N3. The molecule has 0 saturated carbocycles. The average Bonchev–Trinajstić information content (AvgIpc) is 2.88. The second-order valence-corrected chi connectivity index (χ2v) is 6.67. The average molecular weight is 307 g/mol. The summed E-state index contributed by atoms with van der Waals surface area (Å²) in [6.07, 6.45) is 10.8. The zero-order valence-electron chi connectivity index (χ0n) is 13.7. The minimum Gasteiger partial charge on any atom is -0.338 e. The van der Waals surface area contributed by atoms with Crippen LogP contribution in [0.15, 0.2) is 42.7 Å². The van der Waals surface area contributed by atoms with Gasteiger partial charge in [0.2, 0.25) is 0 Å². The third-order valence-electron chi connectivity index (χ3n) is 5.16. The van der Waals surface area contributed by atoms with Gasteiger partial charge in [0.25, 0.3) is 0 Å². The highest BCUT2D eigenvalue weighted by molar-refractivity contribution is 6.07. The summed E-state index contributed by atoms with van der Waals surface area (Å²) in [5.74, 6) is 0. The first kappa shape index (κ1) is 14.7. The lowest BCUT2D eigenvalue weighted by Gasteiger charge is -2.25. The van der Waals surface area contributed by atoms with Gasteiger partial charge in [0, 0.05) is 35.6 Å². The van der Waals surface area contributed by atoms with E-state index >= 15 is 0 Å². The molecule has 0 N–H and O–H groups in total. The number of likely N-dealkylation sites (tertiary alicyclic amines) is 1. The van der Waals surface area contributed by atoms with E-state index in [0.29, 0.717) is 0 Å². The first-order chi connectivity index (χ1) is 11.4. The van der Waals surface area contributed by atoms with Gasteiger partial charge in [0.15, 0.2) is 0 Å². The van der Waals surface area contributed by atoms with Crippen molar-refractivity contribution in [1.82, 2.24) is 14.5 Å². The molecule has 0 aliphatic carbocycles. The fourth-order valence-electron chi connectivity index (χ4n) is 3.91. The van der Waals surface area contributed by atoms with Gasteiger partial charge in [-0.25, -0.2) is 0 Å². The van der Waals surface area contributed by atoms with Gasteiger partial charge >= 0.3 is 0 Å². The van der Waals surface area contributed by atoms with E-state index < -0.39 is 0 Å². The SMILES string of the molecule is c1ccc2c(c1)c1ccncc1n2CCN1CCCCCCC1. The van der Waals surface area contributed by atoms with Gasteiger partial charge in [-0.15, -0.1) is 0 Å². The van der Waals surface area contributed by atoms with Crippen LogP contribution < -0.4 is 0 Å². The summed E-state index contributed by atoms with van der Waals surface area (Å²) in [7, 11) is 0. The van der Waals surface area contributed by atoms with Crippen LogP contribution in [0.25, 0.3) is 21.8 Å². The molecule has 1 aliphatic rings. The Hall–Kier alpha value is -1.87. The number of rotatable bonds is 3. The maximum Gasteiger partial charge on any atom is 0.0678 e. The van der Waals surface area contributed by atoms with Crippen LogP contribution in [0.5, 0.6) is 0 Å². The fraction of sp³-hybridized carbons (Fsp3) is 0.450. The standard InChI is InChI=1S/C20H25N3/c1-2-6-12-22(13-7-3-1)14-15-23-19-9-5-4-8-17(19)18-10-11-21-16-20(18)23/h4-5,8-11,16H,1-3,6-7,12-15H2. The van der Waals surface area contributed by atoms with Crippen LogP contribution in [0, 0.1) is 0 Å². The van der Waals surface area contributed by atoms with Crippen LogP contribution in [-0.2, 0) is 6.54 Å². The van der Waals surface area contributed by atoms with Crippen molar-refractivity contribution in [1.29, 1.82) is 0 Å². The van der Waals surface area contributed by atoms with E-state index in [1.165, 1.54) is 67.0 Å². The second-order valence-electron chi connectivity index (χ2n) is 6.67. The molecule has 4 rings (SSSR count). The summed E-state index contributed by atoms with van der Waals surface area (Å²) in [6, 6.07) is 10.9. The molecule has 0 unspecified atom stereocenters. The summed E-state index contributed by atoms with van der Waals surface area (Å²) in [5, 5.41) is 2.67. The molecule has 0 spiro atoms. The lowest BCUT2D eigenvalue weighted by molar-refractivity contribution is 0.240. The van der Waals surface area contributed by atoms with E-state index in [2.05, 4.69) is 44.8 Å². The van der Waals surface area contributed by atoms with Crippen molar-refractivity contribution in [2.75, 3.05) is 19.6 Å². The molecular weight excluding hydrogens is 282 g/mol. The zero-order chi connectivity index (χ0) is 15.5. The van der Waals surface area contributed by atoms with Gasteiger partial charge in [-0.2, -0.15) is 0 Å². The maximum absolute atomic E-state index is 4.36. The number of pyridine rings is 1. The molecule has 3 aromatic rings. The number of para-hydroxylation sites is 1. The fourth-order valence-corrected chi connectivity index (χ4v) is 3.91. The molecule has 3 heteroatoms. The van der Waals surface area contributed by atoms with E-state index in [1.54, 1.807) is 0 Å². The molecule has 23 heavy (non-hydrogen) atoms. The summed E-state index contributed by atoms with van der Waals surface area (Å²) in [6.45, 7) is 4.71. The van der Waals surface area contributed by atoms with Crippen LogP contribution in [0.4, 0.5) is 0 Å². The normalized spacial score (nSPS) is 17.4. The third kappa shape index (κ3) is 2.98. The van der Waals surface area contributed by atoms with Gasteiger partial charge in [-0.05, 0) is 38.1 Å². The van der Waals surface area contributed by atoms with Crippen molar-refractivity contribution in [3.63, 3.8) is 0 Å². The number of nitrogens with zero attached hydrogens (tertiary/aromatic N) is 3. The molecule has 1 fully saturated rings. The van der Waals surface area contributed by atoms with Gasteiger partial charge in [0.1, 0.15) is 0 Å². The minimum absolute atomic E-state index is 1.05. The Morgan fingerprint density at radius 2 is 1.52 bits per heavy atom. The van der Waals surface area contributed by atoms with Gasteiger partial charge in [0.05, 0.1) is 11.7 Å². The molecule has 0 amide bonds. The zero-order valence-corrected chi connectivity index (χ0v) is 13.7. The predicted molar refractivity (Wildman–Crippen MR) is 96.8 cm³/mol. The van der Waals surface area contributed by atoms with E-state index in [0.717, 1.165) is 13.1 Å². The molecule has 1 aliphatic heterocycles. The Bertz CT molecular complexity index is 729. The maximum atomic E-state index is 4.36. The van der Waals surface area contributed by atoms with E-state index in [1.807, 2.05) is 12.4 Å². The quantitative estimate of drug-likeness (QED) is 0.712. The van der Waals surface area contributed by atoms with Crippen molar-refractivity contribution in [3.05, 3.63) is 42.7 Å². The van der Waals surface area contributed by atoms with Crippen molar-refractivity contribution in [3.8, 4) is 0 Å². The number of hydrogen-bond donors (Lipinski definition) is 0. The molecule has 3 nitrogen and oxygen atoms in total. The summed E-state index contributed by atoms with van der Waals surface area (Å²) < 4.78 is 2.45. The molecule has 0 radical (unpaired) electrons. The van der Waals surface area contributed by atoms with E-state index in [9.17, 15) is 0 Å². The molecule has 2 aromatic heterocycles. The Morgan fingerprint density at radius 3 is 2.39 bits per heavy atom. The summed E-state index contributed by atoms with van der Waals surface area (Å²) >= 11 is 0. The monoisotopic (exact) mass is 307 g/mol. The van der Waals surface area contributed by atoms with Crippen LogP contribution in [0.3, 0.4) is 0 Å².